The molecule has 0 bridgehead atoms. The Morgan fingerprint density at radius 2 is 1.97 bits per heavy atom. The van der Waals surface area contributed by atoms with Gasteiger partial charge in [0.25, 0.3) is 0 Å². The SMILES string of the molecule is CC(C)(C)OC(=O)n1c2ccncc2c2ccc(-c3cc([N+](=O)[O-])ncc3[19F])nc21. The van der Waals surface area contributed by atoms with Crippen LogP contribution in [0.4, 0.5) is 15.0 Å². The molecular weight excluding hydrogens is 393 g/mol. The van der Waals surface area contributed by atoms with Crippen molar-refractivity contribution in [1.29, 1.82) is 0 Å². The van der Waals surface area contributed by atoms with E-state index in [4.69, 9.17) is 4.74 Å². The molecule has 0 aromatic carbocycles. The molecular formula is C20H16FN5O4. The number of hydrogen-bond acceptors (Lipinski definition) is 7. The number of rotatable bonds is 2. The van der Waals surface area contributed by atoms with Gasteiger partial charge < -0.3 is 14.9 Å². The minimum Gasteiger partial charge on any atom is -0.443 e. The number of nitrogens with zero attached hydrogens (tertiary/aromatic N) is 5. The molecule has 4 aromatic heterocycles. The van der Waals surface area contributed by atoms with Crippen molar-refractivity contribution in [2.24, 2.45) is 0 Å². The van der Waals surface area contributed by atoms with E-state index in [9.17, 15) is 19.3 Å². The van der Waals surface area contributed by atoms with Crippen LogP contribution in [0.2, 0.25) is 0 Å². The Kier molecular flexibility index (Phi) is 4.41. The van der Waals surface area contributed by atoms with E-state index in [0.717, 1.165) is 12.3 Å². The Balaban J connectivity index is 1.98. The fourth-order valence-electron chi connectivity index (χ4n) is 3.10. The lowest BCUT2D eigenvalue weighted by molar-refractivity contribution is -0.389. The van der Waals surface area contributed by atoms with E-state index < -0.39 is 28.3 Å². The highest BCUT2D eigenvalue weighted by atomic mass is 19.1. The Morgan fingerprint density at radius 1 is 1.20 bits per heavy atom. The standard InChI is InChI=1S/C20H16FN5O4/c1-20(2,3)30-19(27)25-16-6-7-22-9-13(16)11-4-5-15(24-18(11)25)12-8-17(26(28)29)23-10-14(12)21/h4-10H,1-3H3/i21+0. The van der Waals surface area contributed by atoms with Crippen LogP contribution in [0.1, 0.15) is 20.8 Å². The van der Waals surface area contributed by atoms with Gasteiger partial charge in [-0.05, 0) is 48.9 Å². The van der Waals surface area contributed by atoms with Crippen molar-refractivity contribution in [2.45, 2.75) is 26.4 Å². The summed E-state index contributed by atoms with van der Waals surface area (Å²) in [7, 11) is 0. The highest BCUT2D eigenvalue weighted by Crippen LogP contribution is 2.31. The van der Waals surface area contributed by atoms with Gasteiger partial charge in [0, 0.05) is 34.8 Å². The van der Waals surface area contributed by atoms with Gasteiger partial charge in [-0.2, -0.15) is 0 Å². The third kappa shape index (κ3) is 3.32. The predicted molar refractivity (Wildman–Crippen MR) is 107 cm³/mol. The minimum absolute atomic E-state index is 0.0993. The van der Waals surface area contributed by atoms with Crippen LogP contribution in [-0.4, -0.2) is 36.1 Å². The fourth-order valence-corrected chi connectivity index (χ4v) is 3.10. The molecule has 0 amide bonds. The van der Waals surface area contributed by atoms with Crippen molar-refractivity contribution in [3.8, 4) is 11.3 Å². The van der Waals surface area contributed by atoms with Crippen LogP contribution in [0.3, 0.4) is 0 Å². The Hall–Kier alpha value is -3.95. The van der Waals surface area contributed by atoms with E-state index in [-0.39, 0.29) is 16.9 Å². The van der Waals surface area contributed by atoms with Gasteiger partial charge in [-0.1, -0.05) is 0 Å². The largest absolute Gasteiger partial charge is 0.443 e. The molecule has 0 N–H and O–H groups in total. The van der Waals surface area contributed by atoms with Crippen LogP contribution in [0.25, 0.3) is 33.2 Å². The molecule has 0 saturated heterocycles. The second-order valence-corrected chi connectivity index (χ2v) is 7.56. The lowest BCUT2D eigenvalue weighted by Gasteiger charge is -2.20. The Bertz CT molecular complexity index is 1330. The molecule has 0 radical (unpaired) electrons. The van der Waals surface area contributed by atoms with Crippen molar-refractivity contribution in [3.63, 3.8) is 0 Å². The summed E-state index contributed by atoms with van der Waals surface area (Å²) in [4.78, 5) is 35.2. The fraction of sp³-hybridized carbons (Fsp3) is 0.200. The van der Waals surface area contributed by atoms with E-state index >= 15 is 0 Å². The summed E-state index contributed by atoms with van der Waals surface area (Å²) in [6.45, 7) is 5.22. The van der Waals surface area contributed by atoms with E-state index in [1.807, 2.05) is 0 Å². The third-order valence-electron chi connectivity index (χ3n) is 4.30. The molecule has 0 aliphatic carbocycles. The maximum absolute atomic E-state index is 14.4. The van der Waals surface area contributed by atoms with Crippen molar-refractivity contribution in [2.75, 3.05) is 0 Å². The molecule has 0 aliphatic heterocycles. The molecule has 0 atom stereocenters. The molecule has 4 heterocycles. The van der Waals surface area contributed by atoms with Crippen molar-refractivity contribution >= 4 is 33.8 Å². The highest BCUT2D eigenvalue weighted by Gasteiger charge is 2.24. The summed E-state index contributed by atoms with van der Waals surface area (Å²) >= 11 is 0. The van der Waals surface area contributed by atoms with Crippen LogP contribution >= 0.6 is 0 Å². The first kappa shape index (κ1) is 19.4. The summed E-state index contributed by atoms with van der Waals surface area (Å²) in [5.74, 6) is -1.28. The maximum atomic E-state index is 14.4. The second kappa shape index (κ2) is 6.83. The molecule has 0 fully saturated rings. The highest BCUT2D eigenvalue weighted by molar-refractivity contribution is 6.11. The molecule has 0 unspecified atom stereocenters. The molecule has 152 valence electrons. The summed E-state index contributed by atoms with van der Waals surface area (Å²) in [6, 6.07) is 5.84. The zero-order valence-corrected chi connectivity index (χ0v) is 16.3. The smallest absolute Gasteiger partial charge is 0.420 e. The van der Waals surface area contributed by atoms with Gasteiger partial charge in [-0.25, -0.2) is 18.7 Å². The normalized spacial score (nSPS) is 11.7. The molecule has 4 rings (SSSR count). The molecule has 4 aromatic rings. The van der Waals surface area contributed by atoms with Crippen molar-refractivity contribution in [3.05, 3.63) is 58.8 Å². The van der Waals surface area contributed by atoms with Crippen LogP contribution in [0, 0.1) is 15.9 Å². The van der Waals surface area contributed by atoms with Crippen LogP contribution in [0.5, 0.6) is 0 Å². The number of aromatic nitrogens is 4. The first-order chi connectivity index (χ1) is 14.2. The number of pyridine rings is 3. The summed E-state index contributed by atoms with van der Waals surface area (Å²) in [5, 5.41) is 12.3. The van der Waals surface area contributed by atoms with Crippen LogP contribution in [-0.2, 0) is 4.74 Å². The molecule has 9 nitrogen and oxygen atoms in total. The van der Waals surface area contributed by atoms with Gasteiger partial charge in [0.15, 0.2) is 17.7 Å². The Labute approximate surface area is 169 Å². The van der Waals surface area contributed by atoms with E-state index in [0.29, 0.717) is 16.3 Å². The number of ether oxygens (including phenoxy) is 1. The van der Waals surface area contributed by atoms with Gasteiger partial charge in [0.2, 0.25) is 0 Å². The third-order valence-corrected chi connectivity index (χ3v) is 4.30. The average molecular weight is 409 g/mol. The number of carbonyl (C=O) groups excluding carboxylic acids is 1. The molecule has 30 heavy (non-hydrogen) atoms. The Morgan fingerprint density at radius 3 is 2.67 bits per heavy atom. The zero-order valence-electron chi connectivity index (χ0n) is 16.3. The molecule has 0 saturated carbocycles. The molecule has 10 heteroatoms. The number of carbonyl (C=O) groups is 1. The summed E-state index contributed by atoms with van der Waals surface area (Å²) in [6.07, 6.45) is 3.25. The van der Waals surface area contributed by atoms with Crippen molar-refractivity contribution in [1.82, 2.24) is 19.5 Å². The monoisotopic (exact) mass is 409 g/mol. The lowest BCUT2D eigenvalue weighted by Crippen LogP contribution is -2.27. The number of hydrogen-bond donors (Lipinski definition) is 0. The number of fused-ring (bicyclic) bond motifs is 3. The van der Waals surface area contributed by atoms with Crippen LogP contribution in [0.15, 0.2) is 42.9 Å². The van der Waals surface area contributed by atoms with Gasteiger partial charge in [0.05, 0.1) is 11.2 Å². The summed E-state index contributed by atoms with van der Waals surface area (Å²) < 4.78 is 21.2. The number of nitro groups is 1. The quantitative estimate of drug-likeness (QED) is 0.354. The zero-order chi connectivity index (χ0) is 21.6. The van der Waals surface area contributed by atoms with Crippen LogP contribution < -0.4 is 0 Å². The molecule has 0 spiro atoms. The summed E-state index contributed by atoms with van der Waals surface area (Å²) in [5.41, 5.74) is 0.0233. The minimum atomic E-state index is -0.769. The average Bonchev–Trinajstić information content (AvgIpc) is 3.00. The molecule has 0 aliphatic rings. The van der Waals surface area contributed by atoms with Gasteiger partial charge in [0.1, 0.15) is 5.60 Å². The van der Waals surface area contributed by atoms with E-state index in [1.165, 1.54) is 16.8 Å². The second-order valence-electron chi connectivity index (χ2n) is 7.56. The maximum Gasteiger partial charge on any atom is 0.420 e. The van der Waals surface area contributed by atoms with Gasteiger partial charge in [-0.15, -0.1) is 0 Å². The number of halogens is 1. The van der Waals surface area contributed by atoms with E-state index in [2.05, 4.69) is 15.0 Å². The first-order valence-corrected chi connectivity index (χ1v) is 8.94. The predicted octanol–water partition coefficient (Wildman–Crippen LogP) is 4.48. The van der Waals surface area contributed by atoms with Gasteiger partial charge in [-0.3, -0.25) is 4.98 Å². The first-order valence-electron chi connectivity index (χ1n) is 8.94. The topological polar surface area (TPSA) is 113 Å². The van der Waals surface area contributed by atoms with E-state index in [1.54, 1.807) is 39.1 Å². The lowest BCUT2D eigenvalue weighted by atomic mass is 10.1. The van der Waals surface area contributed by atoms with Crippen molar-refractivity contribution < 1.29 is 18.8 Å². The van der Waals surface area contributed by atoms with Gasteiger partial charge >= 0.3 is 11.9 Å².